The molecular weight excluding hydrogens is 278 g/mol. The van der Waals surface area contributed by atoms with E-state index < -0.39 is 0 Å². The number of benzene rings is 1. The van der Waals surface area contributed by atoms with Crippen LogP contribution in [0.4, 0.5) is 0 Å². The van der Waals surface area contributed by atoms with Crippen molar-refractivity contribution in [2.24, 2.45) is 5.92 Å². The molecule has 1 rings (SSSR count). The van der Waals surface area contributed by atoms with Crippen LogP contribution in [0, 0.1) is 5.92 Å². The van der Waals surface area contributed by atoms with E-state index in [0.717, 1.165) is 17.5 Å². The summed E-state index contributed by atoms with van der Waals surface area (Å²) in [5, 5.41) is 4.51. The number of hydrogen-bond acceptors (Lipinski definition) is 1. The molecule has 0 aliphatic rings. The Kier molecular flexibility index (Phi) is 9.03. The van der Waals surface area contributed by atoms with Gasteiger partial charge in [-0.15, -0.1) is 0 Å². The van der Waals surface area contributed by atoms with E-state index in [1.54, 1.807) is 0 Å². The Hall–Kier alpha value is -0.530. The van der Waals surface area contributed by atoms with E-state index in [9.17, 15) is 0 Å². The topological polar surface area (TPSA) is 12.0 Å². The first-order chi connectivity index (χ1) is 10.1. The minimum absolute atomic E-state index is 0.517. The first-order valence-corrected chi connectivity index (χ1v) is 8.94. The van der Waals surface area contributed by atoms with Crippen LogP contribution in [0.3, 0.4) is 0 Å². The van der Waals surface area contributed by atoms with E-state index in [1.807, 2.05) is 12.1 Å². The number of unbranched alkanes of at least 4 members (excludes halogenated alkanes) is 1. The molecule has 0 bridgehead atoms. The summed E-state index contributed by atoms with van der Waals surface area (Å²) in [6.07, 6.45) is 6.47. The number of halogens is 1. The van der Waals surface area contributed by atoms with Gasteiger partial charge in [0.25, 0.3) is 0 Å². The zero-order valence-electron chi connectivity index (χ0n) is 14.2. The fraction of sp³-hybridized carbons (Fsp3) is 0.684. The van der Waals surface area contributed by atoms with Crippen LogP contribution in [0.1, 0.15) is 71.3 Å². The van der Waals surface area contributed by atoms with E-state index in [1.165, 1.54) is 37.7 Å². The average Bonchev–Trinajstić information content (AvgIpc) is 2.47. The molecule has 2 atom stereocenters. The van der Waals surface area contributed by atoms with E-state index in [-0.39, 0.29) is 0 Å². The average molecular weight is 310 g/mol. The second kappa shape index (κ2) is 10.2. The molecule has 0 saturated carbocycles. The van der Waals surface area contributed by atoms with Gasteiger partial charge in [-0.3, -0.25) is 0 Å². The molecule has 0 aromatic heterocycles. The summed E-state index contributed by atoms with van der Waals surface area (Å²) in [6.45, 7) is 10.0. The molecule has 0 saturated heterocycles. The predicted octanol–water partition coefficient (Wildman–Crippen LogP) is 6.03. The van der Waals surface area contributed by atoms with Gasteiger partial charge >= 0.3 is 0 Å². The van der Waals surface area contributed by atoms with Gasteiger partial charge in [-0.2, -0.15) is 0 Å². The largest absolute Gasteiger partial charge is 0.314 e. The van der Waals surface area contributed by atoms with E-state index in [4.69, 9.17) is 11.6 Å². The number of rotatable bonds is 10. The first-order valence-electron chi connectivity index (χ1n) is 8.56. The van der Waals surface area contributed by atoms with E-state index in [0.29, 0.717) is 12.0 Å². The maximum absolute atomic E-state index is 6.44. The lowest BCUT2D eigenvalue weighted by Crippen LogP contribution is -2.29. The van der Waals surface area contributed by atoms with Crippen molar-refractivity contribution >= 4 is 11.6 Å². The van der Waals surface area contributed by atoms with Crippen LogP contribution < -0.4 is 5.32 Å². The van der Waals surface area contributed by atoms with Gasteiger partial charge in [-0.05, 0) is 29.9 Å². The monoisotopic (exact) mass is 309 g/mol. The van der Waals surface area contributed by atoms with Gasteiger partial charge in [0.15, 0.2) is 0 Å². The van der Waals surface area contributed by atoms with Crippen LogP contribution >= 0.6 is 11.6 Å². The Balaban J connectivity index is 2.78. The van der Waals surface area contributed by atoms with Gasteiger partial charge < -0.3 is 5.32 Å². The lowest BCUT2D eigenvalue weighted by molar-refractivity contribution is 0.371. The van der Waals surface area contributed by atoms with Crippen molar-refractivity contribution in [3.05, 3.63) is 34.9 Å². The molecule has 1 aromatic rings. The third kappa shape index (κ3) is 6.84. The summed E-state index contributed by atoms with van der Waals surface area (Å²) in [5.41, 5.74) is 1.31. The van der Waals surface area contributed by atoms with Gasteiger partial charge in [0, 0.05) is 17.6 Å². The van der Waals surface area contributed by atoms with Crippen molar-refractivity contribution in [2.45, 2.75) is 71.8 Å². The molecule has 0 fully saturated rings. The Morgan fingerprint density at radius 3 is 2.43 bits per heavy atom. The van der Waals surface area contributed by atoms with Crippen molar-refractivity contribution in [3.63, 3.8) is 0 Å². The number of hydrogen-bond donors (Lipinski definition) is 1. The summed E-state index contributed by atoms with van der Waals surface area (Å²) < 4.78 is 0. The predicted molar refractivity (Wildman–Crippen MR) is 95.3 cm³/mol. The van der Waals surface area contributed by atoms with Crippen LogP contribution in [0.2, 0.25) is 5.02 Å². The fourth-order valence-corrected chi connectivity index (χ4v) is 3.18. The molecule has 0 amide bonds. The van der Waals surface area contributed by atoms with Gasteiger partial charge in [-0.25, -0.2) is 0 Å². The minimum atomic E-state index is 0.517. The normalized spacial score (nSPS) is 14.4. The van der Waals surface area contributed by atoms with Crippen LogP contribution in [0.5, 0.6) is 0 Å². The van der Waals surface area contributed by atoms with Crippen molar-refractivity contribution in [1.82, 2.24) is 5.32 Å². The molecule has 0 spiro atoms. The third-order valence-corrected chi connectivity index (χ3v) is 4.62. The molecule has 0 aliphatic heterocycles. The molecule has 1 aromatic carbocycles. The van der Waals surface area contributed by atoms with Crippen LogP contribution in [-0.4, -0.2) is 12.6 Å². The molecule has 1 N–H and O–H groups in total. The highest BCUT2D eigenvalue weighted by molar-refractivity contribution is 6.31. The maximum atomic E-state index is 6.44. The SMILES string of the molecule is CCCCC(CC)CC(CNC(C)C)c1ccccc1Cl. The van der Waals surface area contributed by atoms with Crippen molar-refractivity contribution in [2.75, 3.05) is 6.54 Å². The molecule has 2 unspecified atom stereocenters. The van der Waals surface area contributed by atoms with Gasteiger partial charge in [0.05, 0.1) is 0 Å². The summed E-state index contributed by atoms with van der Waals surface area (Å²) in [5.74, 6) is 1.32. The van der Waals surface area contributed by atoms with Crippen molar-refractivity contribution in [3.8, 4) is 0 Å². The second-order valence-corrected chi connectivity index (χ2v) is 6.84. The molecule has 120 valence electrons. The Bertz CT molecular complexity index is 389. The molecule has 2 heteroatoms. The van der Waals surface area contributed by atoms with Crippen LogP contribution in [-0.2, 0) is 0 Å². The molecule has 1 nitrogen and oxygen atoms in total. The minimum Gasteiger partial charge on any atom is -0.314 e. The zero-order valence-corrected chi connectivity index (χ0v) is 14.9. The smallest absolute Gasteiger partial charge is 0.0441 e. The van der Waals surface area contributed by atoms with Crippen LogP contribution in [0.15, 0.2) is 24.3 Å². The van der Waals surface area contributed by atoms with E-state index in [2.05, 4.69) is 45.1 Å². The third-order valence-electron chi connectivity index (χ3n) is 4.28. The quantitative estimate of drug-likeness (QED) is 0.556. The lowest BCUT2D eigenvalue weighted by Gasteiger charge is -2.25. The van der Waals surface area contributed by atoms with Crippen molar-refractivity contribution in [1.29, 1.82) is 0 Å². The fourth-order valence-electron chi connectivity index (χ4n) is 2.89. The molecule has 21 heavy (non-hydrogen) atoms. The molecular formula is C19H32ClN. The highest BCUT2D eigenvalue weighted by atomic mass is 35.5. The van der Waals surface area contributed by atoms with Gasteiger partial charge in [-0.1, -0.05) is 83.2 Å². The van der Waals surface area contributed by atoms with Crippen molar-refractivity contribution < 1.29 is 0 Å². The molecule has 0 heterocycles. The second-order valence-electron chi connectivity index (χ2n) is 6.43. The highest BCUT2D eigenvalue weighted by Crippen LogP contribution is 2.32. The van der Waals surface area contributed by atoms with Gasteiger partial charge in [0.1, 0.15) is 0 Å². The lowest BCUT2D eigenvalue weighted by atomic mass is 9.84. The van der Waals surface area contributed by atoms with E-state index >= 15 is 0 Å². The Labute approximate surface area is 136 Å². The van der Waals surface area contributed by atoms with Gasteiger partial charge in [0.2, 0.25) is 0 Å². The standard InChI is InChI=1S/C19H32ClN/c1-5-7-10-16(6-2)13-17(14-21-15(3)4)18-11-8-9-12-19(18)20/h8-9,11-12,15-17,21H,5-7,10,13-14H2,1-4H3. The molecule has 0 aliphatic carbocycles. The summed E-state index contributed by atoms with van der Waals surface area (Å²) in [7, 11) is 0. The Morgan fingerprint density at radius 2 is 1.86 bits per heavy atom. The zero-order chi connectivity index (χ0) is 15.7. The summed E-state index contributed by atoms with van der Waals surface area (Å²) in [6, 6.07) is 8.86. The Morgan fingerprint density at radius 1 is 1.14 bits per heavy atom. The summed E-state index contributed by atoms with van der Waals surface area (Å²) >= 11 is 6.44. The summed E-state index contributed by atoms with van der Waals surface area (Å²) in [4.78, 5) is 0. The maximum Gasteiger partial charge on any atom is 0.0441 e. The van der Waals surface area contributed by atoms with Crippen LogP contribution in [0.25, 0.3) is 0 Å². The molecule has 0 radical (unpaired) electrons. The first kappa shape index (κ1) is 18.5. The highest BCUT2D eigenvalue weighted by Gasteiger charge is 2.19. The number of nitrogens with one attached hydrogen (secondary N) is 1.